The molecule has 10 heteroatoms. The minimum atomic E-state index is 0.0954. The summed E-state index contributed by atoms with van der Waals surface area (Å²) >= 11 is 0. The first-order valence-corrected chi connectivity index (χ1v) is 16.6. The van der Waals surface area contributed by atoms with Gasteiger partial charge in [0.25, 0.3) is 0 Å². The maximum atomic E-state index is 12.6. The summed E-state index contributed by atoms with van der Waals surface area (Å²) < 4.78 is 1.81. The monoisotopic (exact) mass is 631 g/mol. The molecule has 3 N–H and O–H groups in total. The van der Waals surface area contributed by atoms with Crippen molar-refractivity contribution in [2.24, 2.45) is 5.92 Å². The Hall–Kier alpha value is -4.67. The topological polar surface area (TPSA) is 112 Å². The molecule has 0 spiro atoms. The van der Waals surface area contributed by atoms with Gasteiger partial charge in [0.1, 0.15) is 0 Å². The molecule has 1 aliphatic heterocycles. The molecule has 0 unspecified atom stereocenters. The van der Waals surface area contributed by atoms with Crippen molar-refractivity contribution in [1.29, 1.82) is 0 Å². The number of likely N-dealkylation sites (N-methyl/N-ethyl adjacent to an activating group) is 1. The van der Waals surface area contributed by atoms with E-state index in [1.54, 1.807) is 6.08 Å². The van der Waals surface area contributed by atoms with Crippen molar-refractivity contribution < 1.29 is 4.79 Å². The molecule has 0 amide bonds. The number of hydrogen-bond donors (Lipinski definition) is 3. The van der Waals surface area contributed by atoms with Gasteiger partial charge in [0.05, 0.1) is 11.9 Å². The lowest BCUT2D eigenvalue weighted by Gasteiger charge is -2.22. The molecule has 6 rings (SSSR count). The first-order chi connectivity index (χ1) is 22.9. The summed E-state index contributed by atoms with van der Waals surface area (Å²) in [5, 5.41) is 17.3. The highest BCUT2D eigenvalue weighted by Crippen LogP contribution is 2.31. The third-order valence-corrected chi connectivity index (χ3v) is 8.72. The molecule has 0 atom stereocenters. The van der Waals surface area contributed by atoms with Crippen molar-refractivity contribution in [3.8, 4) is 11.3 Å². The minimum Gasteiger partial charge on any atom is -0.354 e. The van der Waals surface area contributed by atoms with Crippen molar-refractivity contribution in [3.05, 3.63) is 89.8 Å². The molecule has 1 saturated heterocycles. The molecule has 0 bridgehead atoms. The van der Waals surface area contributed by atoms with Crippen LogP contribution in [0.15, 0.2) is 73.1 Å². The lowest BCUT2D eigenvalue weighted by Crippen LogP contribution is -2.31. The predicted molar refractivity (Wildman–Crippen MR) is 190 cm³/mol. The highest BCUT2D eigenvalue weighted by atomic mass is 16.1. The summed E-state index contributed by atoms with van der Waals surface area (Å²) in [6.07, 6.45) is 9.99. The van der Waals surface area contributed by atoms with Crippen LogP contribution in [-0.4, -0.2) is 75.5 Å². The number of benzene rings is 2. The van der Waals surface area contributed by atoms with Gasteiger partial charge in [-0.2, -0.15) is 19.6 Å². The number of pyridine rings is 1. The third kappa shape index (κ3) is 7.84. The Labute approximate surface area is 276 Å². The van der Waals surface area contributed by atoms with E-state index in [0.29, 0.717) is 30.8 Å². The Bertz CT molecular complexity index is 1870. The maximum Gasteiger partial charge on any atom is 0.229 e. The fraction of sp³-hybridized carbons (Fsp3) is 0.378. The SMILES string of the molecule is CC(C)c1cnn2c(NCc3ccccc3-c3nccc4cc(CC(=O)/C=C/CN(C)C)ccc34)nc(NCC3CCNCC3)nc12. The third-order valence-electron chi connectivity index (χ3n) is 8.72. The second-order valence-electron chi connectivity index (χ2n) is 13.0. The van der Waals surface area contributed by atoms with Gasteiger partial charge in [0.15, 0.2) is 11.4 Å². The van der Waals surface area contributed by atoms with Crippen LogP contribution in [0.4, 0.5) is 11.9 Å². The van der Waals surface area contributed by atoms with Crippen LogP contribution < -0.4 is 16.0 Å². The van der Waals surface area contributed by atoms with E-state index in [1.807, 2.05) is 66.2 Å². The van der Waals surface area contributed by atoms with E-state index in [1.165, 1.54) is 0 Å². The van der Waals surface area contributed by atoms with Crippen LogP contribution in [0.5, 0.6) is 0 Å². The Morgan fingerprint density at radius 2 is 1.91 bits per heavy atom. The number of piperidine rings is 1. The van der Waals surface area contributed by atoms with Crippen molar-refractivity contribution in [1.82, 2.24) is 34.8 Å². The van der Waals surface area contributed by atoms with Crippen molar-refractivity contribution >= 4 is 34.1 Å². The highest BCUT2D eigenvalue weighted by Gasteiger charge is 2.18. The van der Waals surface area contributed by atoms with Gasteiger partial charge in [-0.25, -0.2) is 0 Å². The van der Waals surface area contributed by atoms with E-state index in [2.05, 4.69) is 59.2 Å². The quantitative estimate of drug-likeness (QED) is 0.141. The first-order valence-electron chi connectivity index (χ1n) is 16.6. The molecule has 5 aromatic rings. The number of hydrogen-bond acceptors (Lipinski definition) is 9. The Balaban J connectivity index is 1.25. The molecule has 2 aromatic carbocycles. The molecular weight excluding hydrogens is 586 g/mol. The van der Waals surface area contributed by atoms with Crippen molar-refractivity contribution in [2.75, 3.05) is 50.9 Å². The molecule has 244 valence electrons. The number of aromatic nitrogens is 5. The van der Waals surface area contributed by atoms with E-state index < -0.39 is 0 Å². The number of fused-ring (bicyclic) bond motifs is 2. The van der Waals surface area contributed by atoms with Crippen molar-refractivity contribution in [2.45, 2.75) is 45.6 Å². The average molecular weight is 632 g/mol. The van der Waals surface area contributed by atoms with Gasteiger partial charge in [-0.1, -0.05) is 62.4 Å². The molecule has 10 nitrogen and oxygen atoms in total. The van der Waals surface area contributed by atoms with Crippen molar-refractivity contribution in [3.63, 3.8) is 0 Å². The van der Waals surface area contributed by atoms with Gasteiger partial charge in [0.2, 0.25) is 11.9 Å². The summed E-state index contributed by atoms with van der Waals surface area (Å²) in [6, 6.07) is 16.5. The van der Waals surface area contributed by atoms with E-state index >= 15 is 0 Å². The molecule has 1 aliphatic rings. The fourth-order valence-electron chi connectivity index (χ4n) is 6.10. The number of allylic oxidation sites excluding steroid dienone is 1. The summed E-state index contributed by atoms with van der Waals surface area (Å²) in [4.78, 5) is 29.2. The summed E-state index contributed by atoms with van der Waals surface area (Å²) in [7, 11) is 3.97. The smallest absolute Gasteiger partial charge is 0.229 e. The molecular formula is C37H45N9O. The number of rotatable bonds is 13. The summed E-state index contributed by atoms with van der Waals surface area (Å²) in [5.41, 5.74) is 5.93. The highest BCUT2D eigenvalue weighted by molar-refractivity contribution is 5.97. The normalized spacial score (nSPS) is 14.2. The zero-order valence-electron chi connectivity index (χ0n) is 27.8. The first kappa shape index (κ1) is 32.3. The lowest BCUT2D eigenvalue weighted by molar-refractivity contribution is -0.114. The van der Waals surface area contributed by atoms with E-state index in [0.717, 1.165) is 83.4 Å². The fourth-order valence-corrected chi connectivity index (χ4v) is 6.10. The number of carbonyl (C=O) groups is 1. The van der Waals surface area contributed by atoms with Crippen LogP contribution in [0, 0.1) is 5.92 Å². The van der Waals surface area contributed by atoms with Gasteiger partial charge in [-0.05, 0) is 80.5 Å². The van der Waals surface area contributed by atoms with Crippen LogP contribution >= 0.6 is 0 Å². The average Bonchev–Trinajstić information content (AvgIpc) is 3.51. The van der Waals surface area contributed by atoms with Gasteiger partial charge in [-0.3, -0.25) is 9.78 Å². The van der Waals surface area contributed by atoms with E-state index in [4.69, 9.17) is 15.0 Å². The van der Waals surface area contributed by atoms with Gasteiger partial charge >= 0.3 is 0 Å². The van der Waals surface area contributed by atoms with E-state index in [9.17, 15) is 4.79 Å². The Kier molecular flexibility index (Phi) is 10.2. The molecule has 1 fully saturated rings. The van der Waals surface area contributed by atoms with Crippen LogP contribution in [0.3, 0.4) is 0 Å². The maximum absolute atomic E-state index is 12.6. The molecule has 3 aromatic heterocycles. The van der Waals surface area contributed by atoms with Gasteiger partial charge in [-0.15, -0.1) is 0 Å². The molecule has 4 heterocycles. The Morgan fingerprint density at radius 3 is 2.72 bits per heavy atom. The number of nitrogens with zero attached hydrogens (tertiary/aromatic N) is 6. The zero-order valence-corrected chi connectivity index (χ0v) is 27.8. The molecule has 0 saturated carbocycles. The number of nitrogens with one attached hydrogen (secondary N) is 3. The molecule has 0 radical (unpaired) electrons. The second-order valence-corrected chi connectivity index (χ2v) is 13.0. The van der Waals surface area contributed by atoms with E-state index in [-0.39, 0.29) is 11.7 Å². The summed E-state index contributed by atoms with van der Waals surface area (Å²) in [5.74, 6) is 2.24. The summed E-state index contributed by atoms with van der Waals surface area (Å²) in [6.45, 7) is 8.54. The van der Waals surface area contributed by atoms with Gasteiger partial charge in [0, 0.05) is 48.8 Å². The number of anilines is 2. The molecule has 47 heavy (non-hydrogen) atoms. The second kappa shape index (κ2) is 14.8. The standard InChI is InChI=1S/C37H45N9O/c1-25(2)33-24-42-46-35(33)43-36(40-22-26-13-16-38-17-14-26)44-37(46)41-23-29-8-5-6-10-31(29)34-32-12-11-27(20-28(32)15-18-39-34)21-30(47)9-7-19-45(3)4/h5-12,15,18,20,24-26,38H,13-14,16-17,19,21-23H2,1-4H3,(H2,40,41,43,44)/b9-7+. The van der Waals surface area contributed by atoms with Crippen LogP contribution in [-0.2, 0) is 17.8 Å². The van der Waals surface area contributed by atoms with Crippen LogP contribution in [0.2, 0.25) is 0 Å². The predicted octanol–water partition coefficient (Wildman–Crippen LogP) is 5.72. The lowest BCUT2D eigenvalue weighted by atomic mass is 9.97. The number of carbonyl (C=O) groups excluding carboxylic acids is 1. The Morgan fingerprint density at radius 1 is 1.09 bits per heavy atom. The molecule has 0 aliphatic carbocycles. The minimum absolute atomic E-state index is 0.0954. The van der Waals surface area contributed by atoms with Crippen LogP contribution in [0.1, 0.15) is 49.3 Å². The number of ketones is 1. The van der Waals surface area contributed by atoms with Gasteiger partial charge < -0.3 is 20.9 Å². The largest absolute Gasteiger partial charge is 0.354 e. The van der Waals surface area contributed by atoms with Crippen LogP contribution in [0.25, 0.3) is 27.7 Å². The zero-order chi connectivity index (χ0) is 32.8.